The minimum Gasteiger partial charge on any atom is -0.293 e. The Morgan fingerprint density at radius 3 is 2.72 bits per heavy atom. The van der Waals surface area contributed by atoms with Gasteiger partial charge in [-0.25, -0.2) is 4.39 Å². The molecule has 0 N–H and O–H groups in total. The van der Waals surface area contributed by atoms with E-state index in [0.717, 1.165) is 23.5 Å². The van der Waals surface area contributed by atoms with E-state index in [4.69, 9.17) is 0 Å². The van der Waals surface area contributed by atoms with E-state index in [9.17, 15) is 9.18 Å². The highest BCUT2D eigenvalue weighted by Gasteiger charge is 2.31. The number of carbonyl (C=O) groups excluding carboxylic acids is 1. The molecule has 0 bridgehead atoms. The summed E-state index contributed by atoms with van der Waals surface area (Å²) in [6.07, 6.45) is 0.988. The number of carbonyl (C=O) groups is 1. The van der Waals surface area contributed by atoms with Crippen LogP contribution in [0.1, 0.15) is 29.3 Å². The van der Waals surface area contributed by atoms with Crippen molar-refractivity contribution in [3.8, 4) is 0 Å². The molecule has 2 unspecified atom stereocenters. The van der Waals surface area contributed by atoms with E-state index in [1.54, 1.807) is 17.8 Å². The van der Waals surface area contributed by atoms with E-state index >= 15 is 0 Å². The van der Waals surface area contributed by atoms with E-state index in [0.29, 0.717) is 10.8 Å². The van der Waals surface area contributed by atoms with E-state index in [2.05, 4.69) is 6.92 Å². The van der Waals surface area contributed by atoms with Crippen LogP contribution in [0.15, 0.2) is 18.2 Å². The molecule has 2 rings (SSSR count). The van der Waals surface area contributed by atoms with Gasteiger partial charge in [-0.2, -0.15) is 11.8 Å². The molecule has 0 spiro atoms. The Bertz CT molecular complexity index is 427. The second-order valence-corrected chi connectivity index (χ2v) is 7.09. The molecular weight excluding hydrogens is 267 g/mol. The van der Waals surface area contributed by atoms with Gasteiger partial charge in [0.2, 0.25) is 0 Å². The summed E-state index contributed by atoms with van der Waals surface area (Å²) in [6.45, 7) is 3.93. The monoisotopic (exact) mass is 284 g/mol. The van der Waals surface area contributed by atoms with Crippen LogP contribution in [0.4, 0.5) is 4.39 Å². The first-order valence-corrected chi connectivity index (χ1v) is 8.26. The van der Waals surface area contributed by atoms with Crippen molar-refractivity contribution >= 4 is 29.3 Å². The van der Waals surface area contributed by atoms with Crippen molar-refractivity contribution in [1.29, 1.82) is 0 Å². The zero-order valence-electron chi connectivity index (χ0n) is 10.6. The van der Waals surface area contributed by atoms with Crippen LogP contribution >= 0.6 is 23.5 Å². The minimum atomic E-state index is -0.320. The molecule has 1 aromatic rings. The first-order chi connectivity index (χ1) is 8.61. The van der Waals surface area contributed by atoms with Crippen molar-refractivity contribution in [2.45, 2.75) is 30.8 Å². The van der Waals surface area contributed by atoms with Crippen molar-refractivity contribution < 1.29 is 9.18 Å². The SMILES string of the molecule is CCC1SCCSC1C(=O)c1cc(C)cc(F)c1. The maximum atomic E-state index is 13.4. The van der Waals surface area contributed by atoms with Crippen molar-refractivity contribution in [1.82, 2.24) is 0 Å². The summed E-state index contributed by atoms with van der Waals surface area (Å²) in [7, 11) is 0. The van der Waals surface area contributed by atoms with Gasteiger partial charge in [0.15, 0.2) is 5.78 Å². The van der Waals surface area contributed by atoms with Gasteiger partial charge in [-0.1, -0.05) is 6.92 Å². The fourth-order valence-electron chi connectivity index (χ4n) is 2.19. The van der Waals surface area contributed by atoms with Gasteiger partial charge in [-0.05, 0) is 37.1 Å². The van der Waals surface area contributed by atoms with Gasteiger partial charge in [-0.3, -0.25) is 4.79 Å². The van der Waals surface area contributed by atoms with Gasteiger partial charge in [-0.15, -0.1) is 11.8 Å². The lowest BCUT2D eigenvalue weighted by Gasteiger charge is -2.28. The molecule has 1 aliphatic rings. The van der Waals surface area contributed by atoms with Crippen LogP contribution in [0, 0.1) is 12.7 Å². The number of rotatable bonds is 3. The highest BCUT2D eigenvalue weighted by Crippen LogP contribution is 2.35. The van der Waals surface area contributed by atoms with Crippen LogP contribution in [0.25, 0.3) is 0 Å². The lowest BCUT2D eigenvalue weighted by atomic mass is 10.0. The summed E-state index contributed by atoms with van der Waals surface area (Å²) < 4.78 is 13.4. The quantitative estimate of drug-likeness (QED) is 0.783. The summed E-state index contributed by atoms with van der Waals surface area (Å²) in [5.41, 5.74) is 1.32. The molecule has 1 heterocycles. The predicted molar refractivity (Wildman–Crippen MR) is 78.3 cm³/mol. The first-order valence-electron chi connectivity index (χ1n) is 6.16. The number of thioether (sulfide) groups is 2. The van der Waals surface area contributed by atoms with Crippen LogP contribution in [0.5, 0.6) is 0 Å². The van der Waals surface area contributed by atoms with Crippen molar-refractivity contribution in [2.24, 2.45) is 0 Å². The Balaban J connectivity index is 2.23. The number of benzene rings is 1. The molecule has 0 amide bonds. The molecule has 1 aliphatic heterocycles. The standard InChI is InChI=1S/C14H17FOS2/c1-3-12-14(18-5-4-17-12)13(16)10-6-9(2)7-11(15)8-10/h6-8,12,14H,3-5H2,1-2H3. The van der Waals surface area contributed by atoms with E-state index in [1.807, 2.05) is 18.7 Å². The summed E-state index contributed by atoms with van der Waals surface area (Å²) in [4.78, 5) is 12.5. The molecule has 4 heteroatoms. The van der Waals surface area contributed by atoms with Gasteiger partial charge in [0.05, 0.1) is 5.25 Å². The molecule has 1 fully saturated rings. The molecule has 0 aromatic heterocycles. The largest absolute Gasteiger partial charge is 0.293 e. The topological polar surface area (TPSA) is 17.1 Å². The Kier molecular flexibility index (Phi) is 4.73. The van der Waals surface area contributed by atoms with Crippen molar-refractivity contribution in [2.75, 3.05) is 11.5 Å². The highest BCUT2D eigenvalue weighted by atomic mass is 32.2. The first kappa shape index (κ1) is 13.9. The number of aryl methyl sites for hydroxylation is 1. The fourth-order valence-corrected chi connectivity index (χ4v) is 5.22. The zero-order valence-corrected chi connectivity index (χ0v) is 12.2. The second-order valence-electron chi connectivity index (χ2n) is 4.49. The van der Waals surface area contributed by atoms with Gasteiger partial charge in [0, 0.05) is 22.3 Å². The smallest absolute Gasteiger partial charge is 0.177 e. The Morgan fingerprint density at radius 1 is 1.33 bits per heavy atom. The lowest BCUT2D eigenvalue weighted by Crippen LogP contribution is -2.32. The summed E-state index contributed by atoms with van der Waals surface area (Å²) in [5, 5.41) is 0.342. The Morgan fingerprint density at radius 2 is 2.06 bits per heavy atom. The van der Waals surface area contributed by atoms with Gasteiger partial charge in [0.1, 0.15) is 5.82 Å². The number of Topliss-reactive ketones (excluding diaryl/α,β-unsaturated/α-hetero) is 1. The summed E-state index contributed by atoms with van der Waals surface area (Å²) >= 11 is 3.58. The molecule has 1 nitrogen and oxygen atoms in total. The normalized spacial score (nSPS) is 23.9. The van der Waals surface area contributed by atoms with Gasteiger partial charge < -0.3 is 0 Å². The molecule has 1 aromatic carbocycles. The van der Waals surface area contributed by atoms with E-state index in [-0.39, 0.29) is 16.9 Å². The summed E-state index contributed by atoms with van der Waals surface area (Å²) in [6, 6.07) is 4.61. The summed E-state index contributed by atoms with van der Waals surface area (Å²) in [5.74, 6) is 1.88. The molecule has 98 valence electrons. The molecule has 2 atom stereocenters. The van der Waals surface area contributed by atoms with Crippen LogP contribution in [-0.4, -0.2) is 27.8 Å². The second kappa shape index (κ2) is 6.11. The van der Waals surface area contributed by atoms with E-state index in [1.165, 1.54) is 12.1 Å². The third-order valence-electron chi connectivity index (χ3n) is 3.04. The van der Waals surface area contributed by atoms with Gasteiger partial charge >= 0.3 is 0 Å². The fraction of sp³-hybridized carbons (Fsp3) is 0.500. The van der Waals surface area contributed by atoms with Crippen molar-refractivity contribution in [3.05, 3.63) is 35.1 Å². The highest BCUT2D eigenvalue weighted by molar-refractivity contribution is 8.07. The molecule has 18 heavy (non-hydrogen) atoms. The molecule has 0 radical (unpaired) electrons. The minimum absolute atomic E-state index is 0.0186. The van der Waals surface area contributed by atoms with Gasteiger partial charge in [0.25, 0.3) is 0 Å². The van der Waals surface area contributed by atoms with Crippen LogP contribution in [0.3, 0.4) is 0 Å². The third-order valence-corrected chi connectivity index (χ3v) is 6.28. The van der Waals surface area contributed by atoms with Crippen LogP contribution < -0.4 is 0 Å². The maximum absolute atomic E-state index is 13.4. The predicted octanol–water partition coefficient (Wildman–Crippen LogP) is 3.94. The molecule has 0 saturated carbocycles. The van der Waals surface area contributed by atoms with E-state index < -0.39 is 0 Å². The average Bonchev–Trinajstić information content (AvgIpc) is 2.36. The van der Waals surface area contributed by atoms with Crippen LogP contribution in [-0.2, 0) is 0 Å². The van der Waals surface area contributed by atoms with Crippen molar-refractivity contribution in [3.63, 3.8) is 0 Å². The molecule has 1 saturated heterocycles. The average molecular weight is 284 g/mol. The number of ketones is 1. The maximum Gasteiger partial charge on any atom is 0.177 e. The Labute approximate surface area is 116 Å². The lowest BCUT2D eigenvalue weighted by molar-refractivity contribution is 0.0987. The number of hydrogen-bond acceptors (Lipinski definition) is 3. The Hall–Kier alpha value is -0.480. The van der Waals surface area contributed by atoms with Crippen LogP contribution in [0.2, 0.25) is 0 Å². The molecular formula is C14H17FOS2. The molecule has 0 aliphatic carbocycles. The third kappa shape index (κ3) is 3.09. The number of halogens is 1. The number of hydrogen-bond donors (Lipinski definition) is 0. The zero-order chi connectivity index (χ0) is 13.1.